The number of carbonyl (C=O) groups is 1. The van der Waals surface area contributed by atoms with Crippen molar-refractivity contribution in [2.45, 2.75) is 39.7 Å². The number of rotatable bonds is 4. The molecule has 4 heteroatoms. The molecule has 0 fully saturated rings. The molecule has 1 aliphatic rings. The fourth-order valence-electron chi connectivity index (χ4n) is 3.77. The summed E-state index contributed by atoms with van der Waals surface area (Å²) in [5.74, 6) is -0.134. The maximum atomic E-state index is 12.5. The summed E-state index contributed by atoms with van der Waals surface area (Å²) in [6, 6.07) is 7.72. The van der Waals surface area contributed by atoms with E-state index in [1.165, 1.54) is 11.1 Å². The quantitative estimate of drug-likeness (QED) is 0.800. The van der Waals surface area contributed by atoms with Gasteiger partial charge in [-0.15, -0.1) is 0 Å². The van der Waals surface area contributed by atoms with Crippen LogP contribution in [0.3, 0.4) is 0 Å². The molecule has 1 N–H and O–H groups in total. The van der Waals surface area contributed by atoms with Gasteiger partial charge in [-0.1, -0.05) is 32.1 Å². The van der Waals surface area contributed by atoms with E-state index < -0.39 is 0 Å². The smallest absolute Gasteiger partial charge is 0.248 e. The highest BCUT2D eigenvalue weighted by Gasteiger charge is 2.31. The van der Waals surface area contributed by atoms with E-state index >= 15 is 0 Å². The van der Waals surface area contributed by atoms with Crippen LogP contribution in [0.4, 0.5) is 5.69 Å². The summed E-state index contributed by atoms with van der Waals surface area (Å²) in [7, 11) is 1.75. The van der Waals surface area contributed by atoms with Gasteiger partial charge in [0.05, 0.1) is 6.10 Å². The fraction of sp³-hybridized carbons (Fsp3) is 0.364. The van der Waals surface area contributed by atoms with Crippen LogP contribution in [0.25, 0.3) is 10.8 Å². The highest BCUT2D eigenvalue weighted by Crippen LogP contribution is 2.41. The van der Waals surface area contributed by atoms with Crippen LogP contribution in [-0.4, -0.2) is 24.1 Å². The molecular weight excluding hydrogens is 324 g/mol. The van der Waals surface area contributed by atoms with Crippen molar-refractivity contribution in [1.29, 1.82) is 0 Å². The van der Waals surface area contributed by atoms with E-state index in [2.05, 4.69) is 31.1 Å². The molecule has 3 rings (SSSR count). The maximum absolute atomic E-state index is 12.5. The van der Waals surface area contributed by atoms with Gasteiger partial charge in [-0.05, 0) is 48.5 Å². The summed E-state index contributed by atoms with van der Waals surface area (Å²) in [5.41, 5.74) is 3.24. The first-order valence-electron chi connectivity index (χ1n) is 8.98. The van der Waals surface area contributed by atoms with Gasteiger partial charge in [0.1, 0.15) is 0 Å². The molecule has 4 nitrogen and oxygen atoms in total. The molecule has 1 aliphatic carbocycles. The zero-order valence-corrected chi connectivity index (χ0v) is 15.9. The van der Waals surface area contributed by atoms with Gasteiger partial charge >= 0.3 is 0 Å². The average Bonchev–Trinajstić information content (AvgIpc) is 2.61. The average molecular weight is 350 g/mol. The van der Waals surface area contributed by atoms with Gasteiger partial charge < -0.3 is 10.1 Å². The number of nitrogens with one attached hydrogen (secondary N) is 1. The zero-order chi connectivity index (χ0) is 18.7. The van der Waals surface area contributed by atoms with Crippen molar-refractivity contribution in [1.82, 2.24) is 4.98 Å². The van der Waals surface area contributed by atoms with Crippen molar-refractivity contribution < 1.29 is 9.53 Å². The lowest BCUT2D eigenvalue weighted by atomic mass is 9.71. The first kappa shape index (κ1) is 18.3. The summed E-state index contributed by atoms with van der Waals surface area (Å²) in [6.45, 7) is 6.54. The van der Waals surface area contributed by atoms with E-state index in [-0.39, 0.29) is 17.4 Å². The number of fused-ring (bicyclic) bond motifs is 1. The molecule has 0 radical (unpaired) electrons. The van der Waals surface area contributed by atoms with Crippen LogP contribution >= 0.6 is 0 Å². The van der Waals surface area contributed by atoms with Gasteiger partial charge in [0.2, 0.25) is 5.91 Å². The number of nitrogens with zero attached hydrogens (tertiary/aromatic N) is 1. The van der Waals surface area contributed by atoms with Crippen molar-refractivity contribution >= 4 is 22.4 Å². The summed E-state index contributed by atoms with van der Waals surface area (Å²) in [6.07, 6.45) is 9.29. The molecule has 2 aromatic rings. The van der Waals surface area contributed by atoms with Crippen molar-refractivity contribution in [2.24, 2.45) is 5.41 Å². The number of anilines is 1. The van der Waals surface area contributed by atoms with Crippen LogP contribution in [0.2, 0.25) is 0 Å². The molecule has 1 amide bonds. The Kier molecular flexibility index (Phi) is 5.23. The summed E-state index contributed by atoms with van der Waals surface area (Å²) < 4.78 is 5.58. The summed E-state index contributed by atoms with van der Waals surface area (Å²) >= 11 is 0. The van der Waals surface area contributed by atoms with Gasteiger partial charge in [-0.25, -0.2) is 0 Å². The SMILES string of the molecule is COC1CCC(C)(C)C(C=CC(=O)Nc2cccc3cnccc23)=C1C. The maximum Gasteiger partial charge on any atom is 0.248 e. The van der Waals surface area contributed by atoms with Crippen LogP contribution < -0.4 is 5.32 Å². The Balaban J connectivity index is 1.82. The molecule has 1 aromatic carbocycles. The van der Waals surface area contributed by atoms with Crippen LogP contribution in [0.5, 0.6) is 0 Å². The van der Waals surface area contributed by atoms with Crippen molar-refractivity contribution in [3.8, 4) is 0 Å². The molecule has 1 heterocycles. The molecule has 1 atom stereocenters. The Morgan fingerprint density at radius 2 is 2.15 bits per heavy atom. The minimum atomic E-state index is -0.134. The third-order valence-electron chi connectivity index (χ3n) is 5.29. The second-order valence-electron chi connectivity index (χ2n) is 7.47. The van der Waals surface area contributed by atoms with Gasteiger partial charge in [-0.3, -0.25) is 9.78 Å². The number of hydrogen-bond donors (Lipinski definition) is 1. The van der Waals surface area contributed by atoms with Crippen LogP contribution in [0.1, 0.15) is 33.6 Å². The van der Waals surface area contributed by atoms with Gasteiger partial charge in [-0.2, -0.15) is 0 Å². The third-order valence-corrected chi connectivity index (χ3v) is 5.29. The minimum absolute atomic E-state index is 0.0427. The topological polar surface area (TPSA) is 51.2 Å². The molecule has 0 saturated heterocycles. The Morgan fingerprint density at radius 1 is 1.35 bits per heavy atom. The number of carbonyl (C=O) groups excluding carboxylic acids is 1. The predicted octanol–water partition coefficient (Wildman–Crippen LogP) is 4.88. The Labute approximate surface area is 155 Å². The first-order chi connectivity index (χ1) is 12.4. The lowest BCUT2D eigenvalue weighted by Crippen LogP contribution is -2.28. The predicted molar refractivity (Wildman–Crippen MR) is 106 cm³/mol. The largest absolute Gasteiger partial charge is 0.377 e. The Hall–Kier alpha value is -2.46. The van der Waals surface area contributed by atoms with Crippen LogP contribution in [0.15, 0.2) is 60.0 Å². The standard InChI is InChI=1S/C22H26N2O2/c1-15-18(22(2,3)12-10-20(15)26-4)8-9-21(25)24-19-7-5-6-16-14-23-13-11-17(16)19/h5-9,11,13-14,20H,10,12H2,1-4H3,(H,24,25). The molecule has 0 bridgehead atoms. The highest BCUT2D eigenvalue weighted by molar-refractivity contribution is 6.06. The molecular formula is C22H26N2O2. The number of benzene rings is 1. The van der Waals surface area contributed by atoms with Gasteiger partial charge in [0, 0.05) is 42.0 Å². The van der Waals surface area contributed by atoms with E-state index in [1.807, 2.05) is 30.3 Å². The van der Waals surface area contributed by atoms with E-state index in [0.717, 1.165) is 29.3 Å². The molecule has 0 saturated carbocycles. The Bertz CT molecular complexity index is 875. The number of pyridine rings is 1. The number of allylic oxidation sites excluding steroid dienone is 2. The van der Waals surface area contributed by atoms with Crippen LogP contribution in [-0.2, 0) is 9.53 Å². The first-order valence-corrected chi connectivity index (χ1v) is 8.98. The summed E-state index contributed by atoms with van der Waals surface area (Å²) in [5, 5.41) is 4.97. The number of hydrogen-bond acceptors (Lipinski definition) is 3. The van der Waals surface area contributed by atoms with Crippen molar-refractivity contribution in [2.75, 3.05) is 12.4 Å². The van der Waals surface area contributed by atoms with Gasteiger partial charge in [0.25, 0.3) is 0 Å². The fourth-order valence-corrected chi connectivity index (χ4v) is 3.77. The van der Waals surface area contributed by atoms with E-state index in [9.17, 15) is 4.79 Å². The zero-order valence-electron chi connectivity index (χ0n) is 15.9. The minimum Gasteiger partial charge on any atom is -0.377 e. The monoisotopic (exact) mass is 350 g/mol. The van der Waals surface area contributed by atoms with Crippen molar-refractivity contribution in [3.05, 3.63) is 60.0 Å². The molecule has 1 unspecified atom stereocenters. The van der Waals surface area contributed by atoms with Gasteiger partial charge in [0.15, 0.2) is 0 Å². The van der Waals surface area contributed by atoms with E-state index in [0.29, 0.717) is 0 Å². The Morgan fingerprint density at radius 3 is 2.92 bits per heavy atom. The second kappa shape index (κ2) is 7.42. The third kappa shape index (κ3) is 3.70. The van der Waals surface area contributed by atoms with E-state index in [4.69, 9.17) is 4.74 Å². The number of aromatic nitrogens is 1. The van der Waals surface area contributed by atoms with E-state index in [1.54, 1.807) is 25.6 Å². The number of ether oxygens (including phenoxy) is 1. The summed E-state index contributed by atoms with van der Waals surface area (Å²) in [4.78, 5) is 16.6. The highest BCUT2D eigenvalue weighted by atomic mass is 16.5. The normalized spacial score (nSPS) is 19.9. The molecule has 136 valence electrons. The number of methoxy groups -OCH3 is 1. The molecule has 1 aromatic heterocycles. The molecule has 0 aliphatic heterocycles. The number of amides is 1. The molecule has 0 spiro atoms. The second-order valence-corrected chi connectivity index (χ2v) is 7.47. The lowest BCUT2D eigenvalue weighted by Gasteiger charge is -2.36. The van der Waals surface area contributed by atoms with Crippen molar-refractivity contribution in [3.63, 3.8) is 0 Å². The van der Waals surface area contributed by atoms with Crippen LogP contribution in [0, 0.1) is 5.41 Å². The lowest BCUT2D eigenvalue weighted by molar-refractivity contribution is -0.111. The molecule has 26 heavy (non-hydrogen) atoms.